The van der Waals surface area contributed by atoms with Gasteiger partial charge in [0, 0.05) is 11.1 Å². The third kappa shape index (κ3) is 3.45. The zero-order valence-corrected chi connectivity index (χ0v) is 16.8. The molecule has 34 heavy (non-hydrogen) atoms. The van der Waals surface area contributed by atoms with Crippen LogP contribution in [0.4, 0.5) is 0 Å². The molecule has 0 spiro atoms. The normalized spacial score (nSPS) is 26.9. The summed E-state index contributed by atoms with van der Waals surface area (Å²) in [7, 11) is 0. The highest BCUT2D eigenvalue weighted by atomic mass is 16.7. The molecule has 2 aromatic rings. The number of benzene rings is 2. The summed E-state index contributed by atoms with van der Waals surface area (Å²) in [5, 5.41) is 90.8. The van der Waals surface area contributed by atoms with Crippen molar-refractivity contribution in [3.05, 3.63) is 23.3 Å². The number of fused-ring (bicyclic) bond motifs is 4. The number of aliphatic hydroxyl groups is 3. The van der Waals surface area contributed by atoms with Gasteiger partial charge in [0.05, 0.1) is 11.1 Å². The van der Waals surface area contributed by atoms with E-state index in [-0.39, 0.29) is 0 Å². The number of aliphatic hydroxyl groups excluding tert-OH is 3. The summed E-state index contributed by atoms with van der Waals surface area (Å²) in [6, 6.07) is 1.23. The Kier molecular flexibility index (Phi) is 5.53. The lowest BCUT2D eigenvalue weighted by molar-refractivity contribution is -0.285. The molecule has 0 aliphatic carbocycles. The van der Waals surface area contributed by atoms with Crippen molar-refractivity contribution in [2.75, 3.05) is 6.61 Å². The molecule has 14 nitrogen and oxygen atoms in total. The minimum Gasteiger partial charge on any atom is -0.504 e. The van der Waals surface area contributed by atoms with Gasteiger partial charge >= 0.3 is 11.9 Å². The molecule has 0 bridgehead atoms. The van der Waals surface area contributed by atoms with E-state index in [0.717, 1.165) is 0 Å². The van der Waals surface area contributed by atoms with E-state index < -0.39 is 106 Å². The lowest BCUT2D eigenvalue weighted by atomic mass is 9.92. The Labute approximate surface area is 188 Å². The van der Waals surface area contributed by atoms with E-state index in [1.807, 2.05) is 0 Å². The van der Waals surface area contributed by atoms with Crippen LogP contribution < -0.4 is 0 Å². The molecule has 182 valence electrons. The Bertz CT molecular complexity index is 1190. The number of carbonyl (C=O) groups excluding carboxylic acids is 2. The third-order valence-corrected chi connectivity index (χ3v) is 5.48. The first-order chi connectivity index (χ1) is 15.9. The molecule has 0 radical (unpaired) electrons. The maximum absolute atomic E-state index is 13.0. The molecular weight excluding hydrogens is 464 g/mol. The van der Waals surface area contributed by atoms with Crippen molar-refractivity contribution >= 4 is 11.9 Å². The van der Waals surface area contributed by atoms with Gasteiger partial charge in [-0.25, -0.2) is 9.59 Å². The summed E-state index contributed by atoms with van der Waals surface area (Å²) < 4.78 is 15.3. The number of aromatic hydroxyl groups is 6. The van der Waals surface area contributed by atoms with Crippen LogP contribution in [0.25, 0.3) is 11.1 Å². The summed E-state index contributed by atoms with van der Waals surface area (Å²) in [5.74, 6) is -9.53. The molecular formula is C20H18O14. The number of carbonyl (C=O) groups is 2. The van der Waals surface area contributed by atoms with E-state index in [1.54, 1.807) is 0 Å². The standard InChI is InChI=1S/C20H18O14/c21-6-1-4-9(13(25)11(6)23)10-5(2-7(22)12(24)14(10)26)19(30)34-17-8(3-32-18(4)29)33-20(31)16(28)15(17)27/h1-2,8,15-17,20-28,31H,3H2/t8-,15-,16-,17-,20?/m1/s1. The van der Waals surface area contributed by atoms with E-state index in [4.69, 9.17) is 14.2 Å². The average Bonchev–Trinajstić information content (AvgIpc) is 2.81. The molecule has 14 heteroatoms. The first-order valence-corrected chi connectivity index (χ1v) is 9.57. The molecule has 0 amide bonds. The summed E-state index contributed by atoms with van der Waals surface area (Å²) in [4.78, 5) is 25.9. The minimum absolute atomic E-state index is 0.597. The van der Waals surface area contributed by atoms with Crippen molar-refractivity contribution < 1.29 is 69.8 Å². The molecule has 1 unspecified atom stereocenters. The molecule has 2 aromatic carbocycles. The van der Waals surface area contributed by atoms with Crippen molar-refractivity contribution in [2.45, 2.75) is 30.7 Å². The SMILES string of the molecule is O=C1OC[C@H]2OC(O)[C@H](O)[C@@H](O)[C@@H]2OC(=O)c2cc(O)c(O)c(O)c2-c2c1cc(O)c(O)c2O. The minimum atomic E-state index is -1.95. The molecule has 2 aliphatic heterocycles. The van der Waals surface area contributed by atoms with Gasteiger partial charge in [0.2, 0.25) is 11.5 Å². The van der Waals surface area contributed by atoms with Crippen LogP contribution >= 0.6 is 0 Å². The van der Waals surface area contributed by atoms with Crippen molar-refractivity contribution in [3.63, 3.8) is 0 Å². The molecule has 0 aromatic heterocycles. The summed E-state index contributed by atoms with van der Waals surface area (Å²) >= 11 is 0. The van der Waals surface area contributed by atoms with Gasteiger partial charge in [0.15, 0.2) is 35.4 Å². The van der Waals surface area contributed by atoms with E-state index in [9.17, 15) is 55.5 Å². The second-order valence-corrected chi connectivity index (χ2v) is 7.55. The van der Waals surface area contributed by atoms with Crippen molar-refractivity contribution in [3.8, 4) is 45.6 Å². The zero-order valence-electron chi connectivity index (χ0n) is 16.8. The Morgan fingerprint density at radius 3 is 1.74 bits per heavy atom. The van der Waals surface area contributed by atoms with Crippen LogP contribution in [0.5, 0.6) is 34.5 Å². The number of phenols is 6. The predicted octanol–water partition coefficient (Wildman–Crippen LogP) is -1.28. The van der Waals surface area contributed by atoms with Crippen LogP contribution in [0.15, 0.2) is 12.1 Å². The Morgan fingerprint density at radius 2 is 1.21 bits per heavy atom. The van der Waals surface area contributed by atoms with Crippen LogP contribution in [0.1, 0.15) is 20.7 Å². The van der Waals surface area contributed by atoms with Gasteiger partial charge in [-0.2, -0.15) is 0 Å². The fourth-order valence-corrected chi connectivity index (χ4v) is 3.74. The number of hydrogen-bond acceptors (Lipinski definition) is 14. The molecule has 2 aliphatic rings. The Balaban J connectivity index is 2.02. The van der Waals surface area contributed by atoms with E-state index in [2.05, 4.69) is 0 Å². The van der Waals surface area contributed by atoms with Crippen molar-refractivity contribution in [2.24, 2.45) is 0 Å². The van der Waals surface area contributed by atoms with Crippen LogP contribution in [0, 0.1) is 0 Å². The first kappa shape index (κ1) is 23.2. The number of hydrogen-bond donors (Lipinski definition) is 9. The van der Waals surface area contributed by atoms with Crippen LogP contribution in [-0.2, 0) is 14.2 Å². The Morgan fingerprint density at radius 1 is 0.706 bits per heavy atom. The highest BCUT2D eigenvalue weighted by molar-refractivity contribution is 6.08. The van der Waals surface area contributed by atoms with Crippen LogP contribution in [0.3, 0.4) is 0 Å². The molecule has 1 fully saturated rings. The average molecular weight is 482 g/mol. The topological polar surface area (TPSA) is 244 Å². The van der Waals surface area contributed by atoms with Crippen molar-refractivity contribution in [1.29, 1.82) is 0 Å². The second kappa shape index (κ2) is 8.11. The molecule has 4 rings (SSSR count). The van der Waals surface area contributed by atoms with Gasteiger partial charge in [-0.3, -0.25) is 0 Å². The largest absolute Gasteiger partial charge is 0.504 e. The second-order valence-electron chi connectivity index (χ2n) is 7.55. The van der Waals surface area contributed by atoms with Gasteiger partial charge in [0.25, 0.3) is 0 Å². The molecule has 2 heterocycles. The predicted molar refractivity (Wildman–Crippen MR) is 104 cm³/mol. The van der Waals surface area contributed by atoms with E-state index >= 15 is 0 Å². The molecule has 1 saturated heterocycles. The van der Waals surface area contributed by atoms with Gasteiger partial charge in [-0.1, -0.05) is 0 Å². The zero-order chi connectivity index (χ0) is 25.1. The summed E-state index contributed by atoms with van der Waals surface area (Å²) in [6.45, 7) is -0.779. The molecule has 9 N–H and O–H groups in total. The first-order valence-electron chi connectivity index (χ1n) is 9.57. The monoisotopic (exact) mass is 482 g/mol. The number of rotatable bonds is 0. The maximum atomic E-state index is 13.0. The highest BCUT2D eigenvalue weighted by Gasteiger charge is 2.47. The Hall–Kier alpha value is -3.98. The fourth-order valence-electron chi connectivity index (χ4n) is 3.74. The molecule has 5 atom stereocenters. The van der Waals surface area contributed by atoms with Crippen LogP contribution in [0.2, 0.25) is 0 Å². The number of phenolic OH excluding ortho intramolecular Hbond substituents is 6. The fraction of sp³-hybridized carbons (Fsp3) is 0.300. The maximum Gasteiger partial charge on any atom is 0.339 e. The van der Waals surface area contributed by atoms with E-state index in [1.165, 1.54) is 0 Å². The summed E-state index contributed by atoms with van der Waals surface area (Å²) in [5.41, 5.74) is -3.09. The van der Waals surface area contributed by atoms with Crippen molar-refractivity contribution in [1.82, 2.24) is 0 Å². The summed E-state index contributed by atoms with van der Waals surface area (Å²) in [6.07, 6.45) is -9.10. The van der Waals surface area contributed by atoms with Gasteiger partial charge in [0.1, 0.15) is 24.9 Å². The lowest BCUT2D eigenvalue weighted by Gasteiger charge is -2.39. The van der Waals surface area contributed by atoms with Gasteiger partial charge in [-0.15, -0.1) is 0 Å². The highest BCUT2D eigenvalue weighted by Crippen LogP contribution is 2.52. The number of ether oxygens (including phenoxy) is 3. The number of esters is 2. The van der Waals surface area contributed by atoms with Crippen LogP contribution in [-0.4, -0.2) is 95.2 Å². The molecule has 0 saturated carbocycles. The smallest absolute Gasteiger partial charge is 0.339 e. The lowest BCUT2D eigenvalue weighted by Crippen LogP contribution is -2.60. The van der Waals surface area contributed by atoms with E-state index in [0.29, 0.717) is 12.1 Å². The quantitative estimate of drug-likeness (QED) is 0.157. The number of cyclic esters (lactones) is 1. The third-order valence-electron chi connectivity index (χ3n) is 5.48. The van der Waals surface area contributed by atoms with Gasteiger partial charge in [-0.05, 0) is 12.1 Å². The van der Waals surface area contributed by atoms with Gasteiger partial charge < -0.3 is 60.2 Å².